The lowest BCUT2D eigenvalue weighted by molar-refractivity contribution is -0.122. The maximum atomic E-state index is 13.1. The Kier molecular flexibility index (Phi) is 7.79. The highest BCUT2D eigenvalue weighted by Gasteiger charge is 2.33. The van der Waals surface area contributed by atoms with E-state index in [2.05, 4.69) is 4.99 Å². The smallest absolute Gasteiger partial charge is 0.266 e. The molecule has 0 aliphatic carbocycles. The number of hydrogen-bond acceptors (Lipinski definition) is 6. The number of halogens is 1. The molecule has 1 fully saturated rings. The Bertz CT molecular complexity index is 960. The fourth-order valence-electron chi connectivity index (χ4n) is 2.80. The van der Waals surface area contributed by atoms with Gasteiger partial charge in [0.05, 0.1) is 37.5 Å². The van der Waals surface area contributed by atoms with E-state index in [1.54, 1.807) is 43.4 Å². The number of amides is 1. The average Bonchev–Trinajstić information content (AvgIpc) is 3.03. The second-order valence-electron chi connectivity index (χ2n) is 6.27. The molecule has 0 bridgehead atoms. The highest BCUT2D eigenvalue weighted by Crippen LogP contribution is 2.36. The molecule has 1 aliphatic heterocycles. The minimum absolute atomic E-state index is 0.133. The summed E-state index contributed by atoms with van der Waals surface area (Å²) >= 11 is 7.47. The molecule has 1 heterocycles. The second kappa shape index (κ2) is 10.5. The number of rotatable bonds is 8. The molecule has 1 amide bonds. The molecule has 6 nitrogen and oxygen atoms in total. The first kappa shape index (κ1) is 22.2. The Hall–Kier alpha value is -2.48. The van der Waals surface area contributed by atoms with Gasteiger partial charge in [-0.3, -0.25) is 9.69 Å². The summed E-state index contributed by atoms with van der Waals surface area (Å²) in [5, 5.41) is 1.16. The monoisotopic (exact) mass is 446 g/mol. The molecule has 0 saturated carbocycles. The van der Waals surface area contributed by atoms with Gasteiger partial charge in [-0.2, -0.15) is 0 Å². The lowest BCUT2D eigenvalue weighted by Gasteiger charge is -2.14. The van der Waals surface area contributed by atoms with Gasteiger partial charge in [0, 0.05) is 17.7 Å². The molecule has 1 aliphatic rings. The van der Waals surface area contributed by atoms with E-state index >= 15 is 0 Å². The molecule has 8 heteroatoms. The topological polar surface area (TPSA) is 60.4 Å². The number of aliphatic imine (C=N–C) groups is 1. The van der Waals surface area contributed by atoms with Gasteiger partial charge in [-0.15, -0.1) is 0 Å². The summed E-state index contributed by atoms with van der Waals surface area (Å²) in [6.45, 7) is 3.24. The number of hydrogen-bond donors (Lipinski definition) is 0. The van der Waals surface area contributed by atoms with Gasteiger partial charge in [0.2, 0.25) is 0 Å². The van der Waals surface area contributed by atoms with Crippen LogP contribution in [0.3, 0.4) is 0 Å². The van der Waals surface area contributed by atoms with Crippen molar-refractivity contribution in [1.82, 2.24) is 4.90 Å². The van der Waals surface area contributed by atoms with Crippen LogP contribution in [0.5, 0.6) is 11.5 Å². The normalized spacial score (nSPS) is 16.5. The molecule has 30 heavy (non-hydrogen) atoms. The van der Waals surface area contributed by atoms with Crippen LogP contribution in [0.25, 0.3) is 6.08 Å². The van der Waals surface area contributed by atoms with Gasteiger partial charge >= 0.3 is 0 Å². The largest absolute Gasteiger partial charge is 0.497 e. The van der Waals surface area contributed by atoms with Crippen molar-refractivity contribution in [3.05, 3.63) is 58.0 Å². The van der Waals surface area contributed by atoms with Crippen molar-refractivity contribution in [2.24, 2.45) is 4.99 Å². The van der Waals surface area contributed by atoms with E-state index in [0.29, 0.717) is 40.6 Å². The molecule has 0 spiro atoms. The molecule has 2 aromatic rings. The van der Waals surface area contributed by atoms with E-state index in [4.69, 9.17) is 25.8 Å². The van der Waals surface area contributed by atoms with Crippen LogP contribution < -0.4 is 9.47 Å². The van der Waals surface area contributed by atoms with Gasteiger partial charge in [-0.05, 0) is 67.2 Å². The molecular formula is C22H23ClN2O4S. The number of amidine groups is 1. The van der Waals surface area contributed by atoms with Crippen LogP contribution in [-0.4, -0.2) is 50.0 Å². The van der Waals surface area contributed by atoms with Crippen LogP contribution in [0.1, 0.15) is 12.5 Å². The van der Waals surface area contributed by atoms with Crippen molar-refractivity contribution in [2.75, 3.05) is 34.0 Å². The zero-order valence-electron chi connectivity index (χ0n) is 17.1. The van der Waals surface area contributed by atoms with Gasteiger partial charge in [-0.1, -0.05) is 11.6 Å². The first-order valence-electron chi connectivity index (χ1n) is 9.41. The quantitative estimate of drug-likeness (QED) is 0.534. The van der Waals surface area contributed by atoms with Crippen LogP contribution in [0.15, 0.2) is 52.4 Å². The standard InChI is InChI=1S/C22H23ClN2O4S/c1-4-29-19-10-5-16(23)13-15(19)14-20-21(26)25(11-12-27-2)22(30-20)24-17-6-8-18(28-3)9-7-17/h5-10,13-14H,4,11-12H2,1-3H3/b20-14-,24-22?. The van der Waals surface area contributed by atoms with Crippen molar-refractivity contribution >= 4 is 46.2 Å². The van der Waals surface area contributed by atoms with Crippen LogP contribution in [0, 0.1) is 0 Å². The van der Waals surface area contributed by atoms with Crippen LogP contribution in [0.4, 0.5) is 5.69 Å². The third-order valence-corrected chi connectivity index (χ3v) is 5.50. The number of nitrogens with zero attached hydrogens (tertiary/aromatic N) is 2. The summed E-state index contributed by atoms with van der Waals surface area (Å²) in [4.78, 5) is 19.9. The number of ether oxygens (including phenoxy) is 3. The highest BCUT2D eigenvalue weighted by molar-refractivity contribution is 8.18. The third-order valence-electron chi connectivity index (χ3n) is 4.26. The van der Waals surface area contributed by atoms with E-state index in [-0.39, 0.29) is 5.91 Å². The Balaban J connectivity index is 1.95. The Morgan fingerprint density at radius 3 is 2.60 bits per heavy atom. The lowest BCUT2D eigenvalue weighted by Crippen LogP contribution is -2.32. The third kappa shape index (κ3) is 5.36. The van der Waals surface area contributed by atoms with E-state index < -0.39 is 0 Å². The highest BCUT2D eigenvalue weighted by atomic mass is 35.5. The number of carbonyl (C=O) groups excluding carboxylic acids is 1. The molecule has 0 N–H and O–H groups in total. The summed E-state index contributed by atoms with van der Waals surface area (Å²) < 4.78 is 16.0. The maximum Gasteiger partial charge on any atom is 0.266 e. The first-order chi connectivity index (χ1) is 14.5. The van der Waals surface area contributed by atoms with Gasteiger partial charge < -0.3 is 14.2 Å². The Labute approximate surface area is 185 Å². The lowest BCUT2D eigenvalue weighted by atomic mass is 10.2. The summed E-state index contributed by atoms with van der Waals surface area (Å²) in [6, 6.07) is 12.7. The number of benzene rings is 2. The van der Waals surface area contributed by atoms with E-state index in [9.17, 15) is 4.79 Å². The Morgan fingerprint density at radius 2 is 1.93 bits per heavy atom. The summed E-state index contributed by atoms with van der Waals surface area (Å²) in [5.74, 6) is 1.29. The summed E-state index contributed by atoms with van der Waals surface area (Å²) in [6.07, 6.45) is 1.79. The number of carbonyl (C=O) groups is 1. The average molecular weight is 447 g/mol. The minimum Gasteiger partial charge on any atom is -0.497 e. The molecule has 0 radical (unpaired) electrons. The van der Waals surface area contributed by atoms with Gasteiger partial charge in [-0.25, -0.2) is 4.99 Å². The predicted octanol–water partition coefficient (Wildman–Crippen LogP) is 5.00. The molecule has 3 rings (SSSR count). The van der Waals surface area contributed by atoms with Crippen molar-refractivity contribution < 1.29 is 19.0 Å². The van der Waals surface area contributed by atoms with E-state index in [1.165, 1.54) is 11.8 Å². The minimum atomic E-state index is -0.133. The van der Waals surface area contributed by atoms with Crippen molar-refractivity contribution in [3.63, 3.8) is 0 Å². The molecule has 2 aromatic carbocycles. The van der Waals surface area contributed by atoms with Crippen molar-refractivity contribution in [1.29, 1.82) is 0 Å². The number of methoxy groups -OCH3 is 2. The predicted molar refractivity (Wildman–Crippen MR) is 122 cm³/mol. The first-order valence-corrected chi connectivity index (χ1v) is 10.6. The molecule has 1 saturated heterocycles. The summed E-state index contributed by atoms with van der Waals surface area (Å²) in [5.41, 5.74) is 1.48. The van der Waals surface area contributed by atoms with E-state index in [1.807, 2.05) is 31.2 Å². The van der Waals surface area contributed by atoms with Crippen LogP contribution in [-0.2, 0) is 9.53 Å². The zero-order chi connectivity index (χ0) is 21.5. The second-order valence-corrected chi connectivity index (χ2v) is 7.71. The number of thioether (sulfide) groups is 1. The molecule has 0 aromatic heterocycles. The van der Waals surface area contributed by atoms with Gasteiger partial charge in [0.1, 0.15) is 11.5 Å². The van der Waals surface area contributed by atoms with Crippen LogP contribution >= 0.6 is 23.4 Å². The van der Waals surface area contributed by atoms with E-state index in [0.717, 1.165) is 17.0 Å². The van der Waals surface area contributed by atoms with Crippen LogP contribution in [0.2, 0.25) is 5.02 Å². The van der Waals surface area contributed by atoms with Crippen molar-refractivity contribution in [2.45, 2.75) is 6.92 Å². The Morgan fingerprint density at radius 1 is 1.17 bits per heavy atom. The van der Waals surface area contributed by atoms with Gasteiger partial charge in [0.25, 0.3) is 5.91 Å². The molecule has 0 unspecified atom stereocenters. The molecular weight excluding hydrogens is 424 g/mol. The fraction of sp³-hybridized carbons (Fsp3) is 0.273. The summed E-state index contributed by atoms with van der Waals surface area (Å²) in [7, 11) is 3.22. The van der Waals surface area contributed by atoms with Crippen molar-refractivity contribution in [3.8, 4) is 11.5 Å². The zero-order valence-corrected chi connectivity index (χ0v) is 18.6. The molecule has 0 atom stereocenters. The fourth-order valence-corrected chi connectivity index (χ4v) is 3.99. The van der Waals surface area contributed by atoms with Gasteiger partial charge in [0.15, 0.2) is 5.17 Å². The molecule has 158 valence electrons. The SMILES string of the molecule is CCOc1ccc(Cl)cc1/C=C1\SC(=Nc2ccc(OC)cc2)N(CCOC)C1=O. The maximum absolute atomic E-state index is 13.1.